The third kappa shape index (κ3) is 2.65. The Balaban J connectivity index is 2.34. The van der Waals surface area contributed by atoms with Crippen LogP contribution in [0.2, 0.25) is 0 Å². The number of thioether (sulfide) groups is 1. The fraction of sp³-hybridized carbons (Fsp3) is 0.875. The van der Waals surface area contributed by atoms with Crippen LogP contribution >= 0.6 is 11.8 Å². The van der Waals surface area contributed by atoms with Gasteiger partial charge in [-0.2, -0.15) is 18.8 Å². The molecule has 1 aliphatic rings. The molecule has 1 heterocycles. The molecule has 0 amide bonds. The third-order valence-corrected chi connectivity index (χ3v) is 3.34. The van der Waals surface area contributed by atoms with Gasteiger partial charge in [-0.25, -0.2) is 0 Å². The Morgan fingerprint density at radius 3 is 3.09 bits per heavy atom. The van der Waals surface area contributed by atoms with E-state index >= 15 is 0 Å². The Morgan fingerprint density at radius 1 is 1.73 bits per heavy atom. The van der Waals surface area contributed by atoms with Crippen molar-refractivity contribution in [1.82, 2.24) is 0 Å². The van der Waals surface area contributed by atoms with Crippen LogP contribution in [0, 0.1) is 7.05 Å². The van der Waals surface area contributed by atoms with Gasteiger partial charge in [0, 0.05) is 6.42 Å². The summed E-state index contributed by atoms with van der Waals surface area (Å²) in [5.41, 5.74) is 0. The smallest absolute Gasteiger partial charge is 0.0777 e. The lowest BCUT2D eigenvalue weighted by atomic mass is 10.1. The van der Waals surface area contributed by atoms with Crippen LogP contribution in [-0.2, 0) is 0 Å². The number of hydrogen-bond acceptors (Lipinski definition) is 2. The van der Waals surface area contributed by atoms with Gasteiger partial charge >= 0.3 is 0 Å². The van der Waals surface area contributed by atoms with Crippen molar-refractivity contribution in [3.8, 4) is 0 Å². The minimum Gasteiger partial charge on any atom is -0.467 e. The topological polar surface area (TPSA) is 24.7 Å². The van der Waals surface area contributed by atoms with E-state index in [0.29, 0.717) is 5.25 Å². The summed E-state index contributed by atoms with van der Waals surface area (Å²) >= 11 is 1.85. The number of quaternary nitrogens is 1. The molecule has 0 radical (unpaired) electrons. The minimum absolute atomic E-state index is 0.0922. The number of aliphatic hydroxyl groups is 1. The maximum absolute atomic E-state index is 9.56. The first-order chi connectivity index (χ1) is 5.24. The Morgan fingerprint density at radius 2 is 2.45 bits per heavy atom. The number of hydrogen-bond donors (Lipinski definition) is 2. The molecule has 1 aliphatic heterocycles. The van der Waals surface area contributed by atoms with E-state index in [1.807, 2.05) is 11.8 Å². The summed E-state index contributed by atoms with van der Waals surface area (Å²) in [6, 6.07) is 0. The predicted molar refractivity (Wildman–Crippen MR) is 48.6 cm³/mol. The molecular formula is C8H17NOS. The zero-order valence-electron chi connectivity index (χ0n) is 7.05. The zero-order valence-corrected chi connectivity index (χ0v) is 7.86. The summed E-state index contributed by atoms with van der Waals surface area (Å²) in [6.07, 6.45) is 0.821. The standard InChI is InChI=1S/C8H17NOS/c1-3-11-8-6-9(2)5-4-7(8)10/h7-10H,2-6H2,1H3. The zero-order chi connectivity index (χ0) is 8.27. The fourth-order valence-electron chi connectivity index (χ4n) is 1.44. The lowest BCUT2D eigenvalue weighted by molar-refractivity contribution is -0.859. The second-order valence-corrected chi connectivity index (χ2v) is 4.57. The average molecular weight is 175 g/mol. The molecule has 3 atom stereocenters. The Bertz CT molecular complexity index is 121. The largest absolute Gasteiger partial charge is 0.467 e. The van der Waals surface area contributed by atoms with Gasteiger partial charge in [-0.15, -0.1) is 0 Å². The molecule has 2 nitrogen and oxygen atoms in total. The summed E-state index contributed by atoms with van der Waals surface area (Å²) < 4.78 is 0. The molecule has 0 aromatic rings. The molecule has 0 spiro atoms. The van der Waals surface area contributed by atoms with Gasteiger partial charge < -0.3 is 10.0 Å². The first-order valence-corrected chi connectivity index (χ1v) is 5.25. The van der Waals surface area contributed by atoms with Crippen molar-refractivity contribution in [3.05, 3.63) is 7.05 Å². The van der Waals surface area contributed by atoms with Crippen LogP contribution in [-0.4, -0.2) is 35.3 Å². The summed E-state index contributed by atoms with van der Waals surface area (Å²) in [6.45, 7) is 4.16. The van der Waals surface area contributed by atoms with Gasteiger partial charge in [-0.1, -0.05) is 6.92 Å². The van der Waals surface area contributed by atoms with E-state index in [1.165, 1.54) is 4.90 Å². The lowest BCUT2D eigenvalue weighted by Gasteiger charge is -2.34. The summed E-state index contributed by atoms with van der Waals surface area (Å²) in [5, 5.41) is 9.97. The second kappa shape index (κ2) is 4.33. The van der Waals surface area contributed by atoms with E-state index < -0.39 is 0 Å². The van der Waals surface area contributed by atoms with Gasteiger partial charge in [0.1, 0.15) is 0 Å². The second-order valence-electron chi connectivity index (χ2n) is 3.05. The number of rotatable bonds is 2. The van der Waals surface area contributed by atoms with E-state index in [2.05, 4.69) is 14.0 Å². The molecule has 1 rings (SSSR count). The van der Waals surface area contributed by atoms with Crippen molar-refractivity contribution in [2.45, 2.75) is 24.7 Å². The van der Waals surface area contributed by atoms with E-state index in [9.17, 15) is 5.11 Å². The van der Waals surface area contributed by atoms with Crippen LogP contribution in [0.1, 0.15) is 13.3 Å². The predicted octanol–water partition coefficient (Wildman–Crippen LogP) is -0.451. The molecule has 11 heavy (non-hydrogen) atoms. The van der Waals surface area contributed by atoms with E-state index in [1.54, 1.807) is 0 Å². The van der Waals surface area contributed by atoms with Gasteiger partial charge in [-0.05, 0) is 5.75 Å². The normalized spacial score (nSPS) is 39.0. The van der Waals surface area contributed by atoms with Crippen LogP contribution in [0.25, 0.3) is 0 Å². The SMILES string of the molecule is [CH2-][NH+]1CCC(O)C(SCC)C1. The van der Waals surface area contributed by atoms with E-state index in [-0.39, 0.29) is 6.10 Å². The highest BCUT2D eigenvalue weighted by Gasteiger charge is 2.26. The quantitative estimate of drug-likeness (QED) is 0.556. The van der Waals surface area contributed by atoms with Crippen molar-refractivity contribution in [1.29, 1.82) is 0 Å². The third-order valence-electron chi connectivity index (χ3n) is 2.09. The van der Waals surface area contributed by atoms with Crippen molar-refractivity contribution in [3.63, 3.8) is 0 Å². The maximum atomic E-state index is 9.56. The number of nitrogens with one attached hydrogen (secondary N) is 1. The molecule has 1 saturated heterocycles. The van der Waals surface area contributed by atoms with Crippen molar-refractivity contribution >= 4 is 11.8 Å². The van der Waals surface area contributed by atoms with Crippen molar-refractivity contribution in [2.24, 2.45) is 0 Å². The monoisotopic (exact) mass is 175 g/mol. The van der Waals surface area contributed by atoms with Gasteiger partial charge in [0.05, 0.1) is 24.4 Å². The van der Waals surface area contributed by atoms with Crippen LogP contribution in [0.5, 0.6) is 0 Å². The van der Waals surface area contributed by atoms with Crippen molar-refractivity contribution in [2.75, 3.05) is 18.8 Å². The number of aliphatic hydroxyl groups excluding tert-OH is 1. The Kier molecular flexibility index (Phi) is 3.69. The minimum atomic E-state index is -0.0922. The van der Waals surface area contributed by atoms with Crippen LogP contribution in [0.3, 0.4) is 0 Å². The van der Waals surface area contributed by atoms with E-state index in [4.69, 9.17) is 0 Å². The molecule has 3 heteroatoms. The molecule has 0 bridgehead atoms. The molecule has 0 aromatic carbocycles. The van der Waals surface area contributed by atoms with Gasteiger partial charge in [0.25, 0.3) is 0 Å². The first-order valence-electron chi connectivity index (χ1n) is 4.20. The molecule has 2 N–H and O–H groups in total. The lowest BCUT2D eigenvalue weighted by Crippen LogP contribution is -3.09. The van der Waals surface area contributed by atoms with Crippen LogP contribution in [0.4, 0.5) is 0 Å². The van der Waals surface area contributed by atoms with E-state index in [0.717, 1.165) is 25.3 Å². The molecule has 0 aliphatic carbocycles. The highest BCUT2D eigenvalue weighted by atomic mass is 32.2. The van der Waals surface area contributed by atoms with Gasteiger partial charge in [-0.3, -0.25) is 0 Å². The highest BCUT2D eigenvalue weighted by Crippen LogP contribution is 2.16. The molecule has 0 aromatic heterocycles. The molecule has 3 unspecified atom stereocenters. The summed E-state index contributed by atoms with van der Waals surface area (Å²) in [7, 11) is 3.96. The van der Waals surface area contributed by atoms with Gasteiger partial charge in [0.15, 0.2) is 0 Å². The molecular weight excluding hydrogens is 158 g/mol. The number of likely N-dealkylation sites (tertiary alicyclic amines) is 1. The Hall–Kier alpha value is 0.270. The summed E-state index contributed by atoms with van der Waals surface area (Å²) in [4.78, 5) is 1.31. The molecule has 1 fully saturated rings. The average Bonchev–Trinajstić information content (AvgIpc) is 1.98. The Labute approximate surface area is 73.0 Å². The van der Waals surface area contributed by atoms with Crippen LogP contribution in [0.15, 0.2) is 0 Å². The van der Waals surface area contributed by atoms with Gasteiger partial charge in [0.2, 0.25) is 0 Å². The highest BCUT2D eigenvalue weighted by molar-refractivity contribution is 7.99. The molecule has 0 saturated carbocycles. The fourth-order valence-corrected chi connectivity index (χ4v) is 2.58. The summed E-state index contributed by atoms with van der Waals surface area (Å²) in [5.74, 6) is 1.09. The van der Waals surface area contributed by atoms with Crippen molar-refractivity contribution < 1.29 is 10.0 Å². The maximum Gasteiger partial charge on any atom is 0.0777 e. The van der Waals surface area contributed by atoms with Crippen LogP contribution < -0.4 is 4.90 Å². The molecule has 66 valence electrons. The number of piperidine rings is 1. The first kappa shape index (κ1) is 9.36.